The first-order valence-corrected chi connectivity index (χ1v) is 11.0. The normalized spacial score (nSPS) is 28.8. The molecule has 1 aromatic rings. The van der Waals surface area contributed by atoms with Crippen LogP contribution in [0.3, 0.4) is 0 Å². The van der Waals surface area contributed by atoms with Gasteiger partial charge in [-0.05, 0) is 61.8 Å². The summed E-state index contributed by atoms with van der Waals surface area (Å²) in [6.45, 7) is 3.11. The van der Waals surface area contributed by atoms with Crippen molar-refractivity contribution in [2.45, 2.75) is 45.1 Å². The standard InChI is InChI=1S/C26H24O7/c1-11-3-4-13(7-11)16-5-6-18(28)22-17(16)9-14-8-15-10-19(29)20(12(2)27)24(31)26(15,33)25(32)21(14)23(22)30/h3-6,14-15,28-29,32-33H,7-10H2,1-2H3/t14-,15+,26-/m1/s1. The summed E-state index contributed by atoms with van der Waals surface area (Å²) >= 11 is 0. The van der Waals surface area contributed by atoms with Gasteiger partial charge in [0.15, 0.2) is 17.2 Å². The number of aromatic hydroxyl groups is 1. The fourth-order valence-electron chi connectivity index (χ4n) is 5.88. The van der Waals surface area contributed by atoms with Crippen LogP contribution >= 0.6 is 0 Å². The third kappa shape index (κ3) is 2.82. The van der Waals surface area contributed by atoms with Gasteiger partial charge >= 0.3 is 0 Å². The van der Waals surface area contributed by atoms with Crippen LogP contribution in [-0.2, 0) is 16.0 Å². The Balaban J connectivity index is 1.66. The van der Waals surface area contributed by atoms with E-state index in [0.29, 0.717) is 12.0 Å². The van der Waals surface area contributed by atoms with Crippen LogP contribution in [0.2, 0.25) is 0 Å². The maximum Gasteiger partial charge on any atom is 0.209 e. The molecule has 0 saturated heterocycles. The number of benzene rings is 1. The topological polar surface area (TPSA) is 132 Å². The van der Waals surface area contributed by atoms with Crippen molar-refractivity contribution in [1.29, 1.82) is 0 Å². The number of phenols is 1. The minimum Gasteiger partial charge on any atom is -0.511 e. The number of phenolic OH excluding ortho intramolecular Hbond substituents is 1. The number of allylic oxidation sites excluding steroid dienone is 6. The fourth-order valence-corrected chi connectivity index (χ4v) is 5.88. The van der Waals surface area contributed by atoms with E-state index in [0.717, 1.165) is 24.5 Å². The van der Waals surface area contributed by atoms with Gasteiger partial charge in [0.1, 0.15) is 22.8 Å². The lowest BCUT2D eigenvalue weighted by Gasteiger charge is -2.45. The van der Waals surface area contributed by atoms with Crippen molar-refractivity contribution in [1.82, 2.24) is 0 Å². The molecule has 0 heterocycles. The molecule has 0 fully saturated rings. The maximum atomic E-state index is 13.6. The highest BCUT2D eigenvalue weighted by atomic mass is 16.3. The van der Waals surface area contributed by atoms with Crippen LogP contribution < -0.4 is 0 Å². The number of aliphatic hydroxyl groups excluding tert-OH is 2. The maximum absolute atomic E-state index is 13.6. The van der Waals surface area contributed by atoms with E-state index in [1.165, 1.54) is 11.6 Å². The molecule has 33 heavy (non-hydrogen) atoms. The van der Waals surface area contributed by atoms with Crippen LogP contribution in [0, 0.1) is 11.8 Å². The summed E-state index contributed by atoms with van der Waals surface area (Å²) in [6.07, 6.45) is 5.05. The number of aliphatic hydroxyl groups is 3. The lowest BCUT2D eigenvalue weighted by Crippen LogP contribution is -2.56. The van der Waals surface area contributed by atoms with E-state index in [1.54, 1.807) is 6.07 Å². The van der Waals surface area contributed by atoms with Crippen molar-refractivity contribution < 1.29 is 34.8 Å². The summed E-state index contributed by atoms with van der Waals surface area (Å²) in [6, 6.07) is 3.23. The molecule has 170 valence electrons. The van der Waals surface area contributed by atoms with Gasteiger partial charge in [-0.3, -0.25) is 14.4 Å². The molecule has 1 aromatic carbocycles. The van der Waals surface area contributed by atoms with E-state index < -0.39 is 51.9 Å². The first-order valence-electron chi connectivity index (χ1n) is 11.0. The number of hydrogen-bond donors (Lipinski definition) is 4. The predicted octanol–water partition coefficient (Wildman–Crippen LogP) is 3.42. The van der Waals surface area contributed by atoms with Gasteiger partial charge < -0.3 is 20.4 Å². The van der Waals surface area contributed by atoms with Gasteiger partial charge in [-0.15, -0.1) is 0 Å². The van der Waals surface area contributed by atoms with Crippen molar-refractivity contribution in [2.75, 3.05) is 0 Å². The molecule has 0 bridgehead atoms. The summed E-state index contributed by atoms with van der Waals surface area (Å²) in [4.78, 5) is 38.5. The van der Waals surface area contributed by atoms with Gasteiger partial charge in [-0.1, -0.05) is 23.8 Å². The van der Waals surface area contributed by atoms with Crippen LogP contribution in [0.1, 0.15) is 54.6 Å². The molecular weight excluding hydrogens is 424 g/mol. The van der Waals surface area contributed by atoms with E-state index in [1.807, 2.05) is 19.1 Å². The van der Waals surface area contributed by atoms with Crippen molar-refractivity contribution in [2.24, 2.45) is 11.8 Å². The number of carbonyl (C=O) groups is 3. The molecule has 0 aromatic heterocycles. The third-order valence-electron chi connectivity index (χ3n) is 7.44. The first kappa shape index (κ1) is 21.4. The summed E-state index contributed by atoms with van der Waals surface area (Å²) < 4.78 is 0. The Morgan fingerprint density at radius 1 is 1.09 bits per heavy atom. The number of ketones is 3. The van der Waals surface area contributed by atoms with E-state index in [2.05, 4.69) is 0 Å². The monoisotopic (exact) mass is 448 g/mol. The molecule has 0 amide bonds. The zero-order valence-electron chi connectivity index (χ0n) is 18.3. The molecular formula is C26H24O7. The molecule has 0 radical (unpaired) electrons. The molecule has 3 atom stereocenters. The molecule has 4 N–H and O–H groups in total. The molecule has 4 aliphatic carbocycles. The minimum atomic E-state index is -2.46. The Hall–Kier alpha value is -3.45. The summed E-state index contributed by atoms with van der Waals surface area (Å²) in [5.74, 6) is -5.26. The van der Waals surface area contributed by atoms with Gasteiger partial charge in [0.2, 0.25) is 5.78 Å². The SMILES string of the molecule is CC(=O)C1=C(O)C[C@@H]2C[C@@H]3Cc4c(C5=CC=C(C)C5)ccc(O)c4C(=O)C3=C(O)[C@]2(O)C1=O. The number of Topliss-reactive ketones (excluding diaryl/α,β-unsaturated/α-hetero) is 3. The van der Waals surface area contributed by atoms with Crippen LogP contribution in [-0.4, -0.2) is 43.4 Å². The third-order valence-corrected chi connectivity index (χ3v) is 7.44. The summed E-state index contributed by atoms with van der Waals surface area (Å²) in [7, 11) is 0. The van der Waals surface area contributed by atoms with Crippen LogP contribution in [0.15, 0.2) is 52.5 Å². The van der Waals surface area contributed by atoms with Crippen LogP contribution in [0.25, 0.3) is 5.57 Å². The largest absolute Gasteiger partial charge is 0.511 e. The summed E-state index contributed by atoms with van der Waals surface area (Å²) in [5.41, 5.74) is 0.669. The van der Waals surface area contributed by atoms with Gasteiger partial charge in [0.25, 0.3) is 0 Å². The molecule has 0 saturated carbocycles. The molecule has 7 heteroatoms. The number of carbonyl (C=O) groups excluding carboxylic acids is 3. The van der Waals surface area contributed by atoms with Crippen molar-refractivity contribution >= 4 is 22.9 Å². The van der Waals surface area contributed by atoms with Crippen molar-refractivity contribution in [3.63, 3.8) is 0 Å². The number of rotatable bonds is 2. The average Bonchev–Trinajstić information content (AvgIpc) is 3.16. The molecule has 5 rings (SSSR count). The van der Waals surface area contributed by atoms with Gasteiger partial charge in [-0.2, -0.15) is 0 Å². The molecule has 0 spiro atoms. The highest BCUT2D eigenvalue weighted by Crippen LogP contribution is 2.52. The average molecular weight is 448 g/mol. The van der Waals surface area contributed by atoms with Crippen molar-refractivity contribution in [3.05, 3.63) is 69.2 Å². The zero-order valence-corrected chi connectivity index (χ0v) is 18.3. The second-order valence-electron chi connectivity index (χ2n) is 9.47. The second kappa shape index (κ2) is 7.02. The van der Waals surface area contributed by atoms with Crippen molar-refractivity contribution in [3.8, 4) is 5.75 Å². The minimum absolute atomic E-state index is 0.0613. The highest BCUT2D eigenvalue weighted by Gasteiger charge is 2.59. The van der Waals surface area contributed by atoms with E-state index in [-0.39, 0.29) is 29.7 Å². The smallest absolute Gasteiger partial charge is 0.209 e. The van der Waals surface area contributed by atoms with Gasteiger partial charge in [0.05, 0.1) is 5.56 Å². The van der Waals surface area contributed by atoms with E-state index >= 15 is 0 Å². The van der Waals surface area contributed by atoms with E-state index in [9.17, 15) is 34.8 Å². The quantitative estimate of drug-likeness (QED) is 0.510. The van der Waals surface area contributed by atoms with Crippen LogP contribution in [0.4, 0.5) is 0 Å². The fraction of sp³-hybridized carbons (Fsp3) is 0.346. The Morgan fingerprint density at radius 3 is 2.45 bits per heavy atom. The van der Waals surface area contributed by atoms with Gasteiger partial charge in [-0.25, -0.2) is 0 Å². The highest BCUT2D eigenvalue weighted by molar-refractivity contribution is 6.25. The molecule has 7 nitrogen and oxygen atoms in total. The Labute approximate surface area is 190 Å². The number of hydrogen-bond acceptors (Lipinski definition) is 7. The second-order valence-corrected chi connectivity index (χ2v) is 9.47. The van der Waals surface area contributed by atoms with E-state index in [4.69, 9.17) is 0 Å². The first-order chi connectivity index (χ1) is 15.6. The van der Waals surface area contributed by atoms with Gasteiger partial charge in [0, 0.05) is 17.9 Å². The van der Waals surface area contributed by atoms with Crippen LogP contribution in [0.5, 0.6) is 5.75 Å². The Morgan fingerprint density at radius 2 is 1.82 bits per heavy atom. The lowest BCUT2D eigenvalue weighted by molar-refractivity contribution is -0.144. The molecule has 0 unspecified atom stereocenters. The number of fused-ring (bicyclic) bond motifs is 3. The Kier molecular flexibility index (Phi) is 4.55. The Bertz CT molecular complexity index is 1290. The molecule has 4 aliphatic rings. The zero-order chi connectivity index (χ0) is 23.8. The predicted molar refractivity (Wildman–Crippen MR) is 119 cm³/mol. The lowest BCUT2D eigenvalue weighted by atomic mass is 9.60. The molecule has 0 aliphatic heterocycles. The summed E-state index contributed by atoms with van der Waals surface area (Å²) in [5, 5.41) is 43.3.